The van der Waals surface area contributed by atoms with Crippen LogP contribution in [0.3, 0.4) is 0 Å². The van der Waals surface area contributed by atoms with Gasteiger partial charge in [-0.05, 0) is 0 Å². The lowest BCUT2D eigenvalue weighted by Gasteiger charge is -2.04. The molecule has 1 atom stereocenters. The summed E-state index contributed by atoms with van der Waals surface area (Å²) in [5.74, 6) is 0. The largest absolute Gasteiger partial charge is 0.433 e. The third-order valence-corrected chi connectivity index (χ3v) is 1.92. The third-order valence-electron chi connectivity index (χ3n) is 0.639. The van der Waals surface area contributed by atoms with E-state index in [-0.39, 0.29) is 6.16 Å². The summed E-state index contributed by atoms with van der Waals surface area (Å²) in [6.07, 6.45) is 1.10. The van der Waals surface area contributed by atoms with Crippen molar-refractivity contribution >= 4 is 7.60 Å². The average Bonchev–Trinajstić information content (AvgIpc) is 1.67. The quantitative estimate of drug-likeness (QED) is 0.470. The number of hydrogen-bond donors (Lipinski definition) is 1. The zero-order chi connectivity index (χ0) is 6.62. The van der Waals surface area contributed by atoms with Gasteiger partial charge in [-0.1, -0.05) is 13.5 Å². The van der Waals surface area contributed by atoms with Crippen LogP contribution in [0.2, 0.25) is 0 Å². The molecule has 0 aromatic heterocycles. The summed E-state index contributed by atoms with van der Waals surface area (Å²) in [6, 6.07) is 0. The Bertz CT molecular complexity index is 120. The molecule has 48 valence electrons. The molecule has 0 aliphatic carbocycles. The van der Waals surface area contributed by atoms with Crippen LogP contribution in [0.1, 0.15) is 6.92 Å². The zero-order valence-electron chi connectivity index (χ0n) is 4.70. The molecule has 0 aromatic rings. The van der Waals surface area contributed by atoms with E-state index in [1.807, 2.05) is 0 Å². The molecule has 0 saturated heterocycles. The lowest BCUT2D eigenvalue weighted by Crippen LogP contribution is -1.83. The van der Waals surface area contributed by atoms with Gasteiger partial charge in [0.1, 0.15) is 0 Å². The maximum Gasteiger partial charge on any atom is 0.375 e. The zero-order valence-corrected chi connectivity index (χ0v) is 5.60. The Hall–Kier alpha value is -0.270. The molecule has 1 N–H and O–H groups in total. The van der Waals surface area contributed by atoms with Crippen molar-refractivity contribution in [3.63, 3.8) is 0 Å². The number of hydrogen-bond acceptors (Lipinski definition) is 2. The van der Waals surface area contributed by atoms with Crippen LogP contribution in [0.4, 0.5) is 0 Å². The standard InChI is InChI=1S/C4H9O3P/c1-3-7-8(5,6)4-2/h3H,1,4H2,2H3,(H,5,6). The lowest BCUT2D eigenvalue weighted by molar-refractivity contribution is 0.350. The molecule has 0 spiro atoms. The normalized spacial score (nSPS) is 16.8. The summed E-state index contributed by atoms with van der Waals surface area (Å²) >= 11 is 0. The van der Waals surface area contributed by atoms with E-state index in [0.717, 1.165) is 6.26 Å². The molecule has 0 rings (SSSR count). The van der Waals surface area contributed by atoms with Gasteiger partial charge in [0.25, 0.3) is 0 Å². The predicted octanol–water partition coefficient (Wildman–Crippen LogP) is 1.35. The molecule has 0 bridgehead atoms. The van der Waals surface area contributed by atoms with Crippen molar-refractivity contribution in [2.75, 3.05) is 6.16 Å². The van der Waals surface area contributed by atoms with Crippen molar-refractivity contribution in [1.82, 2.24) is 0 Å². The van der Waals surface area contributed by atoms with E-state index in [1.165, 1.54) is 0 Å². The average molecular weight is 136 g/mol. The first-order valence-electron chi connectivity index (χ1n) is 2.23. The van der Waals surface area contributed by atoms with Gasteiger partial charge in [0, 0.05) is 0 Å². The van der Waals surface area contributed by atoms with Crippen molar-refractivity contribution in [3.05, 3.63) is 12.8 Å². The van der Waals surface area contributed by atoms with Gasteiger partial charge in [-0.25, -0.2) is 4.57 Å². The first-order valence-corrected chi connectivity index (χ1v) is 4.00. The molecular weight excluding hydrogens is 127 g/mol. The van der Waals surface area contributed by atoms with Crippen LogP contribution in [0, 0.1) is 0 Å². The summed E-state index contributed by atoms with van der Waals surface area (Å²) in [7, 11) is -3.29. The van der Waals surface area contributed by atoms with Crippen molar-refractivity contribution in [1.29, 1.82) is 0 Å². The Kier molecular flexibility index (Phi) is 2.80. The fourth-order valence-electron chi connectivity index (χ4n) is 0.191. The smallest absolute Gasteiger partial charge is 0.375 e. The van der Waals surface area contributed by atoms with E-state index >= 15 is 0 Å². The van der Waals surface area contributed by atoms with Crippen molar-refractivity contribution in [2.24, 2.45) is 0 Å². The molecule has 0 radical (unpaired) electrons. The van der Waals surface area contributed by atoms with E-state index < -0.39 is 7.60 Å². The molecule has 0 aliphatic rings. The summed E-state index contributed by atoms with van der Waals surface area (Å²) in [6.45, 7) is 4.71. The van der Waals surface area contributed by atoms with E-state index in [9.17, 15) is 4.57 Å². The second-order valence-electron chi connectivity index (χ2n) is 1.23. The van der Waals surface area contributed by atoms with E-state index in [1.54, 1.807) is 6.92 Å². The van der Waals surface area contributed by atoms with E-state index in [0.29, 0.717) is 0 Å². The molecule has 1 unspecified atom stereocenters. The topological polar surface area (TPSA) is 46.5 Å². The van der Waals surface area contributed by atoms with Crippen molar-refractivity contribution in [2.45, 2.75) is 6.92 Å². The van der Waals surface area contributed by atoms with Crippen LogP contribution in [-0.2, 0) is 9.09 Å². The first-order chi connectivity index (χ1) is 3.62. The Balaban J connectivity index is 3.72. The third kappa shape index (κ3) is 2.83. The maximum atomic E-state index is 10.4. The minimum Gasteiger partial charge on any atom is -0.433 e. The highest BCUT2D eigenvalue weighted by atomic mass is 31.2. The van der Waals surface area contributed by atoms with Crippen LogP contribution >= 0.6 is 7.60 Å². The first kappa shape index (κ1) is 7.73. The Morgan fingerprint density at radius 2 is 2.50 bits per heavy atom. The summed E-state index contributed by atoms with van der Waals surface area (Å²) < 4.78 is 14.7. The summed E-state index contributed by atoms with van der Waals surface area (Å²) in [4.78, 5) is 8.59. The minimum absolute atomic E-state index is 0.124. The Morgan fingerprint density at radius 3 is 2.62 bits per heavy atom. The summed E-state index contributed by atoms with van der Waals surface area (Å²) in [5, 5.41) is 0. The van der Waals surface area contributed by atoms with Gasteiger partial charge >= 0.3 is 7.60 Å². The molecule has 0 fully saturated rings. The molecule has 0 aromatic carbocycles. The molecular formula is C4H9O3P. The molecule has 0 amide bonds. The SMILES string of the molecule is C=COP(=O)(O)CC. The molecule has 0 heterocycles. The van der Waals surface area contributed by atoms with Gasteiger partial charge in [-0.2, -0.15) is 0 Å². The minimum atomic E-state index is -3.29. The van der Waals surface area contributed by atoms with Crippen LogP contribution in [0.5, 0.6) is 0 Å². The Morgan fingerprint density at radius 1 is 2.00 bits per heavy atom. The van der Waals surface area contributed by atoms with Crippen molar-refractivity contribution in [3.8, 4) is 0 Å². The molecule has 4 heteroatoms. The van der Waals surface area contributed by atoms with E-state index in [4.69, 9.17) is 4.89 Å². The highest BCUT2D eigenvalue weighted by Gasteiger charge is 2.12. The van der Waals surface area contributed by atoms with Crippen LogP contribution in [0.15, 0.2) is 12.8 Å². The molecule has 0 saturated carbocycles. The van der Waals surface area contributed by atoms with Gasteiger partial charge in [0.2, 0.25) is 0 Å². The van der Waals surface area contributed by atoms with Gasteiger partial charge in [-0.15, -0.1) is 0 Å². The van der Waals surface area contributed by atoms with Crippen LogP contribution in [0.25, 0.3) is 0 Å². The van der Waals surface area contributed by atoms with Gasteiger partial charge < -0.3 is 9.42 Å². The Labute approximate surface area is 48.5 Å². The second-order valence-corrected chi connectivity index (χ2v) is 3.34. The lowest BCUT2D eigenvalue weighted by atomic mass is 11.0. The highest BCUT2D eigenvalue weighted by molar-refractivity contribution is 7.52. The second kappa shape index (κ2) is 2.90. The van der Waals surface area contributed by atoms with Gasteiger partial charge in [0.05, 0.1) is 12.4 Å². The van der Waals surface area contributed by atoms with Crippen molar-refractivity contribution < 1.29 is 14.0 Å². The predicted molar refractivity (Wildman–Crippen MR) is 31.6 cm³/mol. The molecule has 8 heavy (non-hydrogen) atoms. The highest BCUT2D eigenvalue weighted by Crippen LogP contribution is 2.40. The molecule has 3 nitrogen and oxygen atoms in total. The summed E-state index contributed by atoms with van der Waals surface area (Å²) in [5.41, 5.74) is 0. The fraction of sp³-hybridized carbons (Fsp3) is 0.500. The van der Waals surface area contributed by atoms with Crippen LogP contribution in [-0.4, -0.2) is 11.1 Å². The molecule has 0 aliphatic heterocycles. The van der Waals surface area contributed by atoms with E-state index in [2.05, 4.69) is 11.1 Å². The fourth-order valence-corrected chi connectivity index (χ4v) is 0.573. The maximum absolute atomic E-state index is 10.4. The van der Waals surface area contributed by atoms with Crippen LogP contribution < -0.4 is 0 Å². The number of rotatable bonds is 3. The monoisotopic (exact) mass is 136 g/mol. The van der Waals surface area contributed by atoms with Gasteiger partial charge in [-0.3, -0.25) is 0 Å². The van der Waals surface area contributed by atoms with Gasteiger partial charge in [0.15, 0.2) is 0 Å².